The van der Waals surface area contributed by atoms with Gasteiger partial charge in [-0.25, -0.2) is 0 Å². The SMILES string of the molecule is C1=Cc2c(c(-c3ccccc3)c3ccccc3c2-c2ccc(-c3ccc[nH]3)c3ccccc23)CC1. The van der Waals surface area contributed by atoms with Gasteiger partial charge in [0, 0.05) is 17.5 Å². The van der Waals surface area contributed by atoms with E-state index in [0.29, 0.717) is 0 Å². The Morgan fingerprint density at radius 2 is 1.20 bits per heavy atom. The van der Waals surface area contributed by atoms with Gasteiger partial charge in [0.25, 0.3) is 0 Å². The molecule has 7 rings (SSSR count). The summed E-state index contributed by atoms with van der Waals surface area (Å²) in [5.74, 6) is 0. The van der Waals surface area contributed by atoms with Gasteiger partial charge in [0.2, 0.25) is 0 Å². The molecule has 5 aromatic carbocycles. The second-order valence-corrected chi connectivity index (χ2v) is 9.28. The van der Waals surface area contributed by atoms with Crippen molar-refractivity contribution in [2.24, 2.45) is 0 Å². The van der Waals surface area contributed by atoms with Crippen molar-refractivity contribution >= 4 is 27.6 Å². The van der Waals surface area contributed by atoms with E-state index in [0.717, 1.165) is 18.5 Å². The number of hydrogen-bond donors (Lipinski definition) is 1. The number of hydrogen-bond acceptors (Lipinski definition) is 0. The first-order chi connectivity index (χ1) is 17.4. The maximum absolute atomic E-state index is 3.40. The van der Waals surface area contributed by atoms with Crippen molar-refractivity contribution in [2.75, 3.05) is 0 Å². The van der Waals surface area contributed by atoms with Crippen LogP contribution in [-0.2, 0) is 6.42 Å². The van der Waals surface area contributed by atoms with Gasteiger partial charge in [0.05, 0.1) is 0 Å². The molecular weight excluding hydrogens is 422 g/mol. The summed E-state index contributed by atoms with van der Waals surface area (Å²) >= 11 is 0. The van der Waals surface area contributed by atoms with E-state index >= 15 is 0 Å². The Morgan fingerprint density at radius 1 is 0.543 bits per heavy atom. The standard InChI is InChI=1S/C34H25N/c1-2-11-23(12-3-1)33-27-15-6-8-17-29(27)34(30-18-9-7-16-28(30)33)31-21-20-26(32-19-10-22-35-32)24-13-4-5-14-25(24)31/h1-6,8-15,17-22,35H,7,16H2. The fourth-order valence-corrected chi connectivity index (χ4v) is 5.86. The van der Waals surface area contributed by atoms with Crippen molar-refractivity contribution in [1.29, 1.82) is 0 Å². The molecule has 0 saturated carbocycles. The molecule has 1 nitrogen and oxygen atoms in total. The number of allylic oxidation sites excluding steroid dienone is 1. The molecule has 0 amide bonds. The van der Waals surface area contributed by atoms with Crippen LogP contribution >= 0.6 is 0 Å². The number of aromatic amines is 1. The predicted octanol–water partition coefficient (Wildman–Crippen LogP) is 9.28. The molecule has 35 heavy (non-hydrogen) atoms. The topological polar surface area (TPSA) is 15.8 Å². The Bertz CT molecular complexity index is 1720. The summed E-state index contributed by atoms with van der Waals surface area (Å²) < 4.78 is 0. The van der Waals surface area contributed by atoms with E-state index in [9.17, 15) is 0 Å². The Balaban J connectivity index is 1.61. The van der Waals surface area contributed by atoms with Crippen LogP contribution in [0.2, 0.25) is 0 Å². The Morgan fingerprint density at radius 3 is 1.94 bits per heavy atom. The molecule has 0 radical (unpaired) electrons. The molecule has 0 aliphatic heterocycles. The minimum Gasteiger partial charge on any atom is -0.361 e. The first-order valence-corrected chi connectivity index (χ1v) is 12.4. The number of aromatic nitrogens is 1. The molecule has 0 bridgehead atoms. The van der Waals surface area contributed by atoms with Gasteiger partial charge in [0.1, 0.15) is 0 Å². The van der Waals surface area contributed by atoms with Gasteiger partial charge in [-0.3, -0.25) is 0 Å². The predicted molar refractivity (Wildman–Crippen MR) is 149 cm³/mol. The zero-order valence-corrected chi connectivity index (χ0v) is 19.5. The minimum absolute atomic E-state index is 1.06. The van der Waals surface area contributed by atoms with Crippen molar-refractivity contribution in [2.45, 2.75) is 12.8 Å². The lowest BCUT2D eigenvalue weighted by Crippen LogP contribution is -2.02. The molecule has 1 heteroatoms. The summed E-state index contributed by atoms with van der Waals surface area (Å²) in [6.07, 6.45) is 8.84. The highest BCUT2D eigenvalue weighted by Gasteiger charge is 2.22. The summed E-state index contributed by atoms with van der Waals surface area (Å²) in [4.78, 5) is 3.40. The van der Waals surface area contributed by atoms with E-state index in [1.165, 1.54) is 60.5 Å². The van der Waals surface area contributed by atoms with Crippen molar-refractivity contribution in [3.63, 3.8) is 0 Å². The molecule has 6 aromatic rings. The second-order valence-electron chi connectivity index (χ2n) is 9.28. The minimum atomic E-state index is 1.06. The van der Waals surface area contributed by atoms with Gasteiger partial charge in [-0.2, -0.15) is 0 Å². The zero-order valence-electron chi connectivity index (χ0n) is 19.5. The molecule has 1 heterocycles. The van der Waals surface area contributed by atoms with Crippen LogP contribution in [0, 0.1) is 0 Å². The highest BCUT2D eigenvalue weighted by atomic mass is 14.7. The first-order valence-electron chi connectivity index (χ1n) is 12.4. The summed E-state index contributed by atoms with van der Waals surface area (Å²) in [5.41, 5.74) is 10.6. The average molecular weight is 448 g/mol. The monoisotopic (exact) mass is 447 g/mol. The van der Waals surface area contributed by atoms with Crippen LogP contribution in [0.15, 0.2) is 115 Å². The van der Waals surface area contributed by atoms with Crippen LogP contribution in [0.25, 0.3) is 61.1 Å². The van der Waals surface area contributed by atoms with Crippen LogP contribution in [0.1, 0.15) is 17.5 Å². The Labute approximate surface area is 205 Å². The smallest absolute Gasteiger partial charge is 0.0460 e. The lowest BCUT2D eigenvalue weighted by Gasteiger charge is -2.24. The fraction of sp³-hybridized carbons (Fsp3) is 0.0588. The zero-order chi connectivity index (χ0) is 23.2. The van der Waals surface area contributed by atoms with Crippen LogP contribution < -0.4 is 0 Å². The normalized spacial score (nSPS) is 12.8. The molecule has 0 fully saturated rings. The first kappa shape index (κ1) is 20.1. The molecule has 0 saturated heterocycles. The number of H-pyrrole nitrogens is 1. The van der Waals surface area contributed by atoms with Gasteiger partial charge in [-0.15, -0.1) is 0 Å². The number of benzene rings is 5. The van der Waals surface area contributed by atoms with E-state index in [2.05, 4.69) is 120 Å². The molecule has 166 valence electrons. The van der Waals surface area contributed by atoms with Gasteiger partial charge >= 0.3 is 0 Å². The maximum Gasteiger partial charge on any atom is 0.0460 e. The highest BCUT2D eigenvalue weighted by molar-refractivity contribution is 6.15. The largest absolute Gasteiger partial charge is 0.361 e. The molecular formula is C34H25N. The van der Waals surface area contributed by atoms with Crippen molar-refractivity contribution < 1.29 is 0 Å². The third kappa shape index (κ3) is 3.16. The Hall–Kier alpha value is -4.36. The highest BCUT2D eigenvalue weighted by Crippen LogP contribution is 2.46. The third-order valence-corrected chi connectivity index (χ3v) is 7.35. The van der Waals surface area contributed by atoms with E-state index in [4.69, 9.17) is 0 Å². The number of fused-ring (bicyclic) bond motifs is 3. The van der Waals surface area contributed by atoms with Crippen LogP contribution in [0.3, 0.4) is 0 Å². The van der Waals surface area contributed by atoms with Crippen LogP contribution in [-0.4, -0.2) is 4.98 Å². The van der Waals surface area contributed by atoms with Gasteiger partial charge in [0.15, 0.2) is 0 Å². The summed E-state index contributed by atoms with van der Waals surface area (Å²) in [7, 11) is 0. The Kier molecular flexibility index (Phi) is 4.67. The molecule has 0 spiro atoms. The van der Waals surface area contributed by atoms with Gasteiger partial charge in [-0.05, 0) is 79.9 Å². The number of nitrogens with one attached hydrogen (secondary N) is 1. The van der Waals surface area contributed by atoms with Gasteiger partial charge < -0.3 is 4.98 Å². The molecule has 1 N–H and O–H groups in total. The van der Waals surface area contributed by atoms with Crippen molar-refractivity contribution in [3.05, 3.63) is 127 Å². The summed E-state index contributed by atoms with van der Waals surface area (Å²) in [6, 6.07) is 37.5. The molecule has 0 atom stereocenters. The van der Waals surface area contributed by atoms with E-state index in [1.807, 2.05) is 6.20 Å². The average Bonchev–Trinajstić information content (AvgIpc) is 3.47. The van der Waals surface area contributed by atoms with Gasteiger partial charge in [-0.1, -0.05) is 103 Å². The number of rotatable bonds is 3. The van der Waals surface area contributed by atoms with Crippen LogP contribution in [0.5, 0.6) is 0 Å². The quantitative estimate of drug-likeness (QED) is 0.278. The van der Waals surface area contributed by atoms with E-state index < -0.39 is 0 Å². The molecule has 0 unspecified atom stereocenters. The fourth-order valence-electron chi connectivity index (χ4n) is 5.86. The maximum atomic E-state index is 3.40. The van der Waals surface area contributed by atoms with Crippen molar-refractivity contribution in [3.8, 4) is 33.5 Å². The van der Waals surface area contributed by atoms with Crippen molar-refractivity contribution in [1.82, 2.24) is 4.98 Å². The molecule has 1 aliphatic carbocycles. The molecule has 1 aliphatic rings. The lowest BCUT2D eigenvalue weighted by atomic mass is 9.79. The van der Waals surface area contributed by atoms with E-state index in [-0.39, 0.29) is 0 Å². The second kappa shape index (κ2) is 8.14. The lowest BCUT2D eigenvalue weighted by molar-refractivity contribution is 0.991. The summed E-state index contributed by atoms with van der Waals surface area (Å²) in [5, 5.41) is 5.21. The molecule has 1 aromatic heterocycles. The van der Waals surface area contributed by atoms with E-state index in [1.54, 1.807) is 0 Å². The third-order valence-electron chi connectivity index (χ3n) is 7.35. The van der Waals surface area contributed by atoms with Crippen LogP contribution in [0.4, 0.5) is 0 Å². The summed E-state index contributed by atoms with van der Waals surface area (Å²) in [6.45, 7) is 0.